The topological polar surface area (TPSA) is 24.5 Å². The molecule has 0 aromatic heterocycles. The number of likely N-dealkylation sites (N-methyl/N-ethyl adjacent to an activating group) is 1. The molecule has 1 N–H and O–H groups in total. The first-order chi connectivity index (χ1) is 9.47. The number of nitrogens with zero attached hydrogens (tertiary/aromatic N) is 1. The predicted octanol–water partition coefficient (Wildman–Crippen LogP) is 3.86. The lowest BCUT2D eigenvalue weighted by Crippen LogP contribution is -2.19. The molecule has 3 heteroatoms. The molecule has 0 aliphatic rings. The van der Waals surface area contributed by atoms with E-state index in [0.29, 0.717) is 6.04 Å². The Labute approximate surface area is 124 Å². The van der Waals surface area contributed by atoms with E-state index in [9.17, 15) is 0 Å². The molecule has 1 aromatic rings. The Morgan fingerprint density at radius 1 is 1.15 bits per heavy atom. The summed E-state index contributed by atoms with van der Waals surface area (Å²) in [6, 6.07) is 8.74. The molecule has 0 bridgehead atoms. The Morgan fingerprint density at radius 2 is 1.90 bits per heavy atom. The minimum atomic E-state index is 0.495. The molecule has 0 saturated carbocycles. The number of hydrogen-bond donors (Lipinski definition) is 1. The molecule has 0 saturated heterocycles. The maximum absolute atomic E-state index is 5.76. The summed E-state index contributed by atoms with van der Waals surface area (Å²) in [5.74, 6) is 1.70. The third kappa shape index (κ3) is 7.39. The van der Waals surface area contributed by atoms with Crippen LogP contribution in [0.5, 0.6) is 5.75 Å². The van der Waals surface area contributed by atoms with Crippen LogP contribution in [0.4, 0.5) is 5.69 Å². The summed E-state index contributed by atoms with van der Waals surface area (Å²) in [4.78, 5) is 2.12. The quantitative estimate of drug-likeness (QED) is 0.742. The van der Waals surface area contributed by atoms with Crippen LogP contribution < -0.4 is 10.1 Å². The third-order valence-electron chi connectivity index (χ3n) is 3.23. The Kier molecular flexibility index (Phi) is 7.45. The standard InChI is InChI=1S/C17H30N2O/c1-14(2)9-10-15(3)18-16-7-6-8-17(13-16)20-12-11-19(4)5/h6-8,13-15,18H,9-12H2,1-5H3. The molecule has 1 rings (SSSR count). The van der Waals surface area contributed by atoms with Gasteiger partial charge in [0.2, 0.25) is 0 Å². The van der Waals surface area contributed by atoms with Gasteiger partial charge in [-0.05, 0) is 51.9 Å². The van der Waals surface area contributed by atoms with Crippen molar-refractivity contribution in [1.82, 2.24) is 4.90 Å². The van der Waals surface area contributed by atoms with E-state index in [-0.39, 0.29) is 0 Å². The number of ether oxygens (including phenoxy) is 1. The number of nitrogens with one attached hydrogen (secondary N) is 1. The molecular weight excluding hydrogens is 248 g/mol. The van der Waals surface area contributed by atoms with Gasteiger partial charge in [0, 0.05) is 24.3 Å². The summed E-state index contributed by atoms with van der Waals surface area (Å²) in [5.41, 5.74) is 1.14. The second-order valence-electron chi connectivity index (χ2n) is 6.20. The molecule has 114 valence electrons. The maximum atomic E-state index is 5.76. The summed E-state index contributed by atoms with van der Waals surface area (Å²) in [6.07, 6.45) is 2.45. The van der Waals surface area contributed by atoms with E-state index in [1.807, 2.05) is 12.1 Å². The summed E-state index contributed by atoms with van der Waals surface area (Å²) >= 11 is 0. The van der Waals surface area contributed by atoms with Gasteiger partial charge in [0.25, 0.3) is 0 Å². The molecule has 0 fully saturated rings. The number of anilines is 1. The number of rotatable bonds is 9. The molecule has 0 aliphatic heterocycles. The summed E-state index contributed by atoms with van der Waals surface area (Å²) in [7, 11) is 4.11. The highest BCUT2D eigenvalue weighted by Gasteiger charge is 2.04. The molecule has 3 nitrogen and oxygen atoms in total. The lowest BCUT2D eigenvalue weighted by atomic mass is 10.0. The number of hydrogen-bond acceptors (Lipinski definition) is 3. The zero-order valence-corrected chi connectivity index (χ0v) is 13.6. The Morgan fingerprint density at radius 3 is 2.55 bits per heavy atom. The Bertz CT molecular complexity index is 377. The van der Waals surface area contributed by atoms with Gasteiger partial charge in [-0.1, -0.05) is 19.9 Å². The van der Waals surface area contributed by atoms with Crippen molar-refractivity contribution in [2.24, 2.45) is 5.92 Å². The monoisotopic (exact) mass is 278 g/mol. The fourth-order valence-corrected chi connectivity index (χ4v) is 1.96. The molecule has 20 heavy (non-hydrogen) atoms. The van der Waals surface area contributed by atoms with E-state index >= 15 is 0 Å². The van der Waals surface area contributed by atoms with Crippen LogP contribution in [-0.4, -0.2) is 38.2 Å². The predicted molar refractivity (Wildman–Crippen MR) is 87.6 cm³/mol. The van der Waals surface area contributed by atoms with Crippen molar-refractivity contribution in [2.45, 2.75) is 39.7 Å². The van der Waals surface area contributed by atoms with Crippen molar-refractivity contribution in [1.29, 1.82) is 0 Å². The summed E-state index contributed by atoms with van der Waals surface area (Å²) < 4.78 is 5.76. The minimum Gasteiger partial charge on any atom is -0.492 e. The molecule has 0 spiro atoms. The first-order valence-corrected chi connectivity index (χ1v) is 7.61. The van der Waals surface area contributed by atoms with Crippen LogP contribution in [-0.2, 0) is 0 Å². The van der Waals surface area contributed by atoms with Gasteiger partial charge >= 0.3 is 0 Å². The van der Waals surface area contributed by atoms with Crippen LogP contribution >= 0.6 is 0 Å². The van der Waals surface area contributed by atoms with Gasteiger partial charge in [-0.15, -0.1) is 0 Å². The van der Waals surface area contributed by atoms with Crippen LogP contribution in [0, 0.1) is 5.92 Å². The Hall–Kier alpha value is -1.22. The van der Waals surface area contributed by atoms with E-state index in [0.717, 1.165) is 30.5 Å². The van der Waals surface area contributed by atoms with Gasteiger partial charge in [-0.25, -0.2) is 0 Å². The van der Waals surface area contributed by atoms with Crippen molar-refractivity contribution in [2.75, 3.05) is 32.6 Å². The molecule has 1 atom stereocenters. The molecular formula is C17H30N2O. The molecule has 0 heterocycles. The van der Waals surface area contributed by atoms with Crippen molar-refractivity contribution in [3.8, 4) is 5.75 Å². The average Bonchev–Trinajstić information content (AvgIpc) is 2.36. The van der Waals surface area contributed by atoms with Crippen LogP contribution in [0.25, 0.3) is 0 Å². The van der Waals surface area contributed by atoms with E-state index < -0.39 is 0 Å². The molecule has 0 amide bonds. The summed E-state index contributed by atoms with van der Waals surface area (Å²) in [5, 5.41) is 3.55. The number of benzene rings is 1. The first-order valence-electron chi connectivity index (χ1n) is 7.61. The normalized spacial score (nSPS) is 12.8. The van der Waals surface area contributed by atoms with Crippen molar-refractivity contribution in [3.05, 3.63) is 24.3 Å². The molecule has 0 radical (unpaired) electrons. The lowest BCUT2D eigenvalue weighted by Gasteiger charge is -2.17. The van der Waals surface area contributed by atoms with Crippen molar-refractivity contribution >= 4 is 5.69 Å². The second-order valence-corrected chi connectivity index (χ2v) is 6.20. The molecule has 1 aromatic carbocycles. The van der Waals surface area contributed by atoms with Gasteiger partial charge in [0.05, 0.1) is 0 Å². The van der Waals surface area contributed by atoms with Gasteiger partial charge in [-0.3, -0.25) is 0 Å². The highest BCUT2D eigenvalue weighted by Crippen LogP contribution is 2.19. The fraction of sp³-hybridized carbons (Fsp3) is 0.647. The highest BCUT2D eigenvalue weighted by molar-refractivity contribution is 5.48. The summed E-state index contributed by atoms with van der Waals surface area (Å²) in [6.45, 7) is 8.43. The first kappa shape index (κ1) is 16.8. The van der Waals surface area contributed by atoms with E-state index in [2.05, 4.69) is 57.2 Å². The molecule has 0 aliphatic carbocycles. The SMILES string of the molecule is CC(C)CCC(C)Nc1cccc(OCCN(C)C)c1. The maximum Gasteiger partial charge on any atom is 0.121 e. The third-order valence-corrected chi connectivity index (χ3v) is 3.23. The highest BCUT2D eigenvalue weighted by atomic mass is 16.5. The minimum absolute atomic E-state index is 0.495. The van der Waals surface area contributed by atoms with Crippen LogP contribution in [0.3, 0.4) is 0 Å². The smallest absolute Gasteiger partial charge is 0.121 e. The van der Waals surface area contributed by atoms with Gasteiger partial charge < -0.3 is 15.0 Å². The zero-order valence-electron chi connectivity index (χ0n) is 13.6. The van der Waals surface area contributed by atoms with Crippen molar-refractivity contribution in [3.63, 3.8) is 0 Å². The fourth-order valence-electron chi connectivity index (χ4n) is 1.96. The average molecular weight is 278 g/mol. The molecule has 1 unspecified atom stereocenters. The van der Waals surface area contributed by atoms with Crippen LogP contribution in [0.2, 0.25) is 0 Å². The van der Waals surface area contributed by atoms with E-state index in [1.54, 1.807) is 0 Å². The second kappa shape index (κ2) is 8.85. The lowest BCUT2D eigenvalue weighted by molar-refractivity contribution is 0.261. The van der Waals surface area contributed by atoms with Gasteiger partial charge in [0.15, 0.2) is 0 Å². The van der Waals surface area contributed by atoms with Crippen LogP contribution in [0.1, 0.15) is 33.6 Å². The van der Waals surface area contributed by atoms with E-state index in [1.165, 1.54) is 12.8 Å². The van der Waals surface area contributed by atoms with Gasteiger partial charge in [0.1, 0.15) is 12.4 Å². The van der Waals surface area contributed by atoms with Crippen molar-refractivity contribution < 1.29 is 4.74 Å². The van der Waals surface area contributed by atoms with Crippen LogP contribution in [0.15, 0.2) is 24.3 Å². The zero-order chi connectivity index (χ0) is 15.0. The van der Waals surface area contributed by atoms with E-state index in [4.69, 9.17) is 4.74 Å². The van der Waals surface area contributed by atoms with Gasteiger partial charge in [-0.2, -0.15) is 0 Å². The Balaban J connectivity index is 2.42. The largest absolute Gasteiger partial charge is 0.492 e.